The van der Waals surface area contributed by atoms with E-state index in [1.807, 2.05) is 0 Å². The van der Waals surface area contributed by atoms with Crippen molar-refractivity contribution in [3.8, 4) is 0 Å². The first-order valence-corrected chi connectivity index (χ1v) is 10.7. The molecule has 4 aromatic rings. The summed E-state index contributed by atoms with van der Waals surface area (Å²) >= 11 is 0. The summed E-state index contributed by atoms with van der Waals surface area (Å²) in [6.07, 6.45) is 4.28. The average molecular weight is 393 g/mol. The van der Waals surface area contributed by atoms with Crippen LogP contribution in [0.1, 0.15) is 30.5 Å². The normalized spacial score (nSPS) is 14.2. The second-order valence-electron chi connectivity index (χ2n) is 7.59. The summed E-state index contributed by atoms with van der Waals surface area (Å²) in [5.41, 5.74) is 9.74. The number of aromatic amines is 1. The molecule has 1 aromatic heterocycles. The van der Waals surface area contributed by atoms with Crippen LogP contribution in [0.4, 0.5) is 11.4 Å². The second kappa shape index (κ2) is 7.68. The molecule has 0 aliphatic carbocycles. The minimum absolute atomic E-state index is 1.01. The lowest BCUT2D eigenvalue weighted by atomic mass is 9.90. The summed E-state index contributed by atoms with van der Waals surface area (Å²) < 4.78 is 0. The zero-order chi connectivity index (χ0) is 20.5. The molecule has 3 heteroatoms. The zero-order valence-corrected chi connectivity index (χ0v) is 17.4. The molecule has 2 N–H and O–H groups in total. The Morgan fingerprint density at radius 1 is 0.867 bits per heavy atom. The molecule has 0 atom stereocenters. The minimum atomic E-state index is 1.01. The summed E-state index contributed by atoms with van der Waals surface area (Å²) in [6, 6.07) is 26.0. The summed E-state index contributed by atoms with van der Waals surface area (Å²) in [7, 11) is 0. The third-order valence-electron chi connectivity index (χ3n) is 6.00. The average Bonchev–Trinajstić information content (AvgIpc) is 3.41. The maximum absolute atomic E-state index is 3.46. The van der Waals surface area contributed by atoms with E-state index >= 15 is 0 Å². The molecule has 1 aliphatic rings. The van der Waals surface area contributed by atoms with E-state index in [1.54, 1.807) is 0 Å². The van der Waals surface area contributed by atoms with Gasteiger partial charge in [-0.05, 0) is 43.7 Å². The Kier molecular flexibility index (Phi) is 4.72. The van der Waals surface area contributed by atoms with Crippen LogP contribution in [0.25, 0.3) is 22.0 Å². The fraction of sp³-hybridized carbons (Fsp3) is 0.148. The van der Waals surface area contributed by atoms with Crippen LogP contribution < -0.4 is 9.89 Å². The van der Waals surface area contributed by atoms with E-state index in [-0.39, 0.29) is 0 Å². The molecule has 0 spiro atoms. The SMILES string of the molecule is CCN(CC)c1ccc(/C(=C2/C=[NH+]c3ccccc32)c2c[nH]c3ccccc23)cc1. The van der Waals surface area contributed by atoms with Gasteiger partial charge in [0.2, 0.25) is 5.69 Å². The Morgan fingerprint density at radius 2 is 1.60 bits per heavy atom. The van der Waals surface area contributed by atoms with Crippen molar-refractivity contribution in [2.75, 3.05) is 18.0 Å². The lowest BCUT2D eigenvalue weighted by Gasteiger charge is -2.21. The van der Waals surface area contributed by atoms with Crippen molar-refractivity contribution in [2.24, 2.45) is 0 Å². The lowest BCUT2D eigenvalue weighted by molar-refractivity contribution is -0.342. The van der Waals surface area contributed by atoms with E-state index in [2.05, 4.69) is 114 Å². The van der Waals surface area contributed by atoms with Crippen LogP contribution in [0.15, 0.2) is 79.0 Å². The van der Waals surface area contributed by atoms with E-state index in [0.29, 0.717) is 0 Å². The summed E-state index contributed by atoms with van der Waals surface area (Å²) in [5, 5.41) is 1.24. The molecule has 0 fully saturated rings. The van der Waals surface area contributed by atoms with Crippen molar-refractivity contribution in [2.45, 2.75) is 13.8 Å². The van der Waals surface area contributed by atoms with Crippen LogP contribution >= 0.6 is 0 Å². The third kappa shape index (κ3) is 3.03. The number of hydrogen-bond acceptors (Lipinski definition) is 1. The van der Waals surface area contributed by atoms with Crippen molar-refractivity contribution >= 4 is 39.6 Å². The quantitative estimate of drug-likeness (QED) is 0.504. The highest BCUT2D eigenvalue weighted by Gasteiger charge is 2.24. The van der Waals surface area contributed by atoms with Gasteiger partial charge in [-0.1, -0.05) is 42.5 Å². The molecule has 3 nitrogen and oxygen atoms in total. The van der Waals surface area contributed by atoms with Gasteiger partial charge in [0.15, 0.2) is 6.21 Å². The molecule has 0 saturated carbocycles. The van der Waals surface area contributed by atoms with Gasteiger partial charge in [-0.15, -0.1) is 0 Å². The lowest BCUT2D eigenvalue weighted by Crippen LogP contribution is -2.58. The van der Waals surface area contributed by atoms with Gasteiger partial charge in [-0.25, -0.2) is 4.99 Å². The Labute approximate surface area is 177 Å². The van der Waals surface area contributed by atoms with Crippen LogP contribution in [-0.2, 0) is 0 Å². The molecule has 3 aromatic carbocycles. The Balaban J connectivity index is 1.73. The molecule has 0 amide bonds. The molecule has 0 unspecified atom stereocenters. The molecule has 2 heterocycles. The standard InChI is InChI=1S/C27H25N3/c1-3-30(4-2)20-15-13-19(14-16-20)27(23-17-28-25-11-7-5-9-21(23)25)24-18-29-26-12-8-6-10-22(24)26/h5-18,28H,3-4H2,1-2H3/p+1/b27-24+. The number of fused-ring (bicyclic) bond motifs is 2. The van der Waals surface area contributed by atoms with Crippen LogP contribution in [0.5, 0.6) is 0 Å². The number of hydrogen-bond donors (Lipinski definition) is 2. The molecule has 1 aliphatic heterocycles. The molecular weight excluding hydrogens is 366 g/mol. The maximum Gasteiger partial charge on any atom is 0.211 e. The van der Waals surface area contributed by atoms with Crippen LogP contribution in [0.2, 0.25) is 0 Å². The van der Waals surface area contributed by atoms with Gasteiger partial charge in [0.05, 0.1) is 11.1 Å². The predicted octanol–water partition coefficient (Wildman–Crippen LogP) is 4.77. The summed E-state index contributed by atoms with van der Waals surface area (Å²) in [4.78, 5) is 9.29. The number of H-pyrrole nitrogens is 1. The molecule has 30 heavy (non-hydrogen) atoms. The number of anilines is 1. The zero-order valence-electron chi connectivity index (χ0n) is 17.4. The van der Waals surface area contributed by atoms with Gasteiger partial charge < -0.3 is 9.88 Å². The van der Waals surface area contributed by atoms with Crippen LogP contribution in [0, 0.1) is 0 Å². The summed E-state index contributed by atoms with van der Waals surface area (Å²) in [5.74, 6) is 0. The molecule has 0 saturated heterocycles. The molecular formula is C27H26N3+. The van der Waals surface area contributed by atoms with Gasteiger partial charge in [0.25, 0.3) is 0 Å². The monoisotopic (exact) mass is 392 g/mol. The number of nitrogens with one attached hydrogen (secondary N) is 2. The number of rotatable bonds is 5. The first kappa shape index (κ1) is 18.4. The van der Waals surface area contributed by atoms with Crippen molar-refractivity contribution < 1.29 is 4.99 Å². The van der Waals surface area contributed by atoms with Gasteiger partial charge in [-0.3, -0.25) is 0 Å². The van der Waals surface area contributed by atoms with E-state index < -0.39 is 0 Å². The predicted molar refractivity (Wildman–Crippen MR) is 127 cm³/mol. The van der Waals surface area contributed by atoms with Crippen molar-refractivity contribution in [3.05, 3.63) is 95.7 Å². The van der Waals surface area contributed by atoms with E-state index in [9.17, 15) is 0 Å². The minimum Gasteiger partial charge on any atom is -0.372 e. The van der Waals surface area contributed by atoms with Gasteiger partial charge in [0.1, 0.15) is 0 Å². The Hall–Kier alpha value is -3.59. The maximum atomic E-state index is 3.46. The number of para-hydroxylation sites is 2. The number of benzene rings is 3. The fourth-order valence-corrected chi connectivity index (χ4v) is 4.44. The van der Waals surface area contributed by atoms with E-state index in [1.165, 1.54) is 38.9 Å². The fourth-order valence-electron chi connectivity index (χ4n) is 4.44. The Morgan fingerprint density at radius 3 is 2.40 bits per heavy atom. The van der Waals surface area contributed by atoms with Gasteiger partial charge in [-0.2, -0.15) is 0 Å². The van der Waals surface area contributed by atoms with E-state index in [0.717, 1.165) is 24.3 Å². The molecule has 148 valence electrons. The van der Waals surface area contributed by atoms with Crippen molar-refractivity contribution in [3.63, 3.8) is 0 Å². The van der Waals surface area contributed by atoms with Gasteiger partial charge >= 0.3 is 0 Å². The van der Waals surface area contributed by atoms with Crippen molar-refractivity contribution in [1.29, 1.82) is 0 Å². The van der Waals surface area contributed by atoms with Crippen molar-refractivity contribution in [1.82, 2.24) is 4.98 Å². The topological polar surface area (TPSA) is 33.0 Å². The summed E-state index contributed by atoms with van der Waals surface area (Å²) in [6.45, 7) is 6.42. The third-order valence-corrected chi connectivity index (χ3v) is 6.00. The first-order chi connectivity index (χ1) is 14.8. The number of nitrogens with zero attached hydrogens (tertiary/aromatic N) is 1. The second-order valence-corrected chi connectivity index (χ2v) is 7.59. The molecule has 0 radical (unpaired) electrons. The largest absolute Gasteiger partial charge is 0.372 e. The molecule has 5 rings (SSSR count). The Bertz CT molecular complexity index is 1250. The van der Waals surface area contributed by atoms with Crippen LogP contribution in [0.3, 0.4) is 0 Å². The van der Waals surface area contributed by atoms with E-state index in [4.69, 9.17) is 0 Å². The smallest absolute Gasteiger partial charge is 0.211 e. The highest BCUT2D eigenvalue weighted by molar-refractivity contribution is 6.24. The van der Waals surface area contributed by atoms with Gasteiger partial charge in [0, 0.05) is 53.1 Å². The molecule has 0 bridgehead atoms. The number of aromatic nitrogens is 1. The first-order valence-electron chi connectivity index (χ1n) is 10.7. The highest BCUT2D eigenvalue weighted by atomic mass is 15.1. The highest BCUT2D eigenvalue weighted by Crippen LogP contribution is 2.38. The van der Waals surface area contributed by atoms with Crippen LogP contribution in [-0.4, -0.2) is 24.3 Å². The number of allylic oxidation sites excluding steroid dienone is 1.